The molecule has 6 heteroatoms. The van der Waals surface area contributed by atoms with Gasteiger partial charge in [0.2, 0.25) is 0 Å². The second kappa shape index (κ2) is 5.21. The summed E-state index contributed by atoms with van der Waals surface area (Å²) >= 11 is 3.22. The number of carbonyl (C=O) groups excluding carboxylic acids is 1. The molecule has 2 amide bonds. The molecule has 0 atom stereocenters. The van der Waals surface area contributed by atoms with Crippen LogP contribution in [-0.4, -0.2) is 22.6 Å². The van der Waals surface area contributed by atoms with Crippen LogP contribution in [-0.2, 0) is 0 Å². The van der Waals surface area contributed by atoms with Gasteiger partial charge in [0.05, 0.1) is 5.56 Å². The Hall–Kier alpha value is -1.56. The van der Waals surface area contributed by atoms with E-state index in [2.05, 4.69) is 26.6 Å². The summed E-state index contributed by atoms with van der Waals surface area (Å²) in [5, 5.41) is 14.5. The van der Waals surface area contributed by atoms with Crippen molar-refractivity contribution < 1.29 is 14.7 Å². The highest BCUT2D eigenvalue weighted by Gasteiger charge is 2.33. The quantitative estimate of drug-likeness (QED) is 0.798. The molecular weight excluding hydrogens is 312 g/mol. The van der Waals surface area contributed by atoms with Crippen LogP contribution in [0, 0.1) is 0 Å². The number of carbonyl (C=O) groups is 2. The molecule has 0 bridgehead atoms. The minimum atomic E-state index is -1.03. The number of carboxylic acid groups (broad SMARTS) is 1. The highest BCUT2D eigenvalue weighted by Crippen LogP contribution is 2.31. The van der Waals surface area contributed by atoms with Gasteiger partial charge in [-0.25, -0.2) is 9.59 Å². The van der Waals surface area contributed by atoms with E-state index in [1.165, 1.54) is 12.1 Å². The van der Waals surface area contributed by atoms with Gasteiger partial charge in [-0.05, 0) is 44.4 Å². The largest absolute Gasteiger partial charge is 0.478 e. The van der Waals surface area contributed by atoms with Crippen molar-refractivity contribution >= 4 is 33.6 Å². The molecule has 0 saturated heterocycles. The van der Waals surface area contributed by atoms with Gasteiger partial charge in [0, 0.05) is 15.7 Å². The Labute approximate surface area is 119 Å². The molecular formula is C13H15BrN2O3. The summed E-state index contributed by atoms with van der Waals surface area (Å²) in [5.74, 6) is -1.03. The zero-order chi connectivity index (χ0) is 14.0. The first-order valence-electron chi connectivity index (χ1n) is 6.01. The SMILES string of the molecule is CC1(NC(=O)Nc2cc(Br)cc(C(=O)O)c2)CCC1. The van der Waals surface area contributed by atoms with Gasteiger partial charge in [-0.15, -0.1) is 0 Å². The van der Waals surface area contributed by atoms with Crippen LogP contribution >= 0.6 is 15.9 Å². The third-order valence-electron chi connectivity index (χ3n) is 3.28. The van der Waals surface area contributed by atoms with Crippen LogP contribution in [0.5, 0.6) is 0 Å². The molecule has 0 radical (unpaired) electrons. The van der Waals surface area contributed by atoms with Gasteiger partial charge in [0.15, 0.2) is 0 Å². The van der Waals surface area contributed by atoms with Gasteiger partial charge in [-0.2, -0.15) is 0 Å². The molecule has 1 saturated carbocycles. The van der Waals surface area contributed by atoms with Crippen molar-refractivity contribution in [3.05, 3.63) is 28.2 Å². The normalized spacial score (nSPS) is 16.3. The number of benzene rings is 1. The first-order chi connectivity index (χ1) is 8.88. The van der Waals surface area contributed by atoms with Crippen LogP contribution in [0.2, 0.25) is 0 Å². The maximum Gasteiger partial charge on any atom is 0.335 e. The maximum absolute atomic E-state index is 11.8. The van der Waals surface area contributed by atoms with Crippen LogP contribution in [0.25, 0.3) is 0 Å². The molecule has 0 aliphatic heterocycles. The number of hydrogen-bond acceptors (Lipinski definition) is 2. The molecule has 0 unspecified atom stereocenters. The maximum atomic E-state index is 11.8. The molecule has 1 aromatic carbocycles. The average Bonchev–Trinajstić information content (AvgIpc) is 2.25. The highest BCUT2D eigenvalue weighted by atomic mass is 79.9. The second-order valence-corrected chi connectivity index (χ2v) is 5.94. The van der Waals surface area contributed by atoms with Crippen LogP contribution in [0.15, 0.2) is 22.7 Å². The van der Waals surface area contributed by atoms with Crippen molar-refractivity contribution in [1.82, 2.24) is 5.32 Å². The first kappa shape index (κ1) is 13.9. The lowest BCUT2D eigenvalue weighted by Gasteiger charge is -2.39. The van der Waals surface area contributed by atoms with E-state index in [-0.39, 0.29) is 17.1 Å². The molecule has 2 rings (SSSR count). The molecule has 3 N–H and O–H groups in total. The van der Waals surface area contributed by atoms with Crippen molar-refractivity contribution in [2.45, 2.75) is 31.7 Å². The van der Waals surface area contributed by atoms with Crippen LogP contribution < -0.4 is 10.6 Å². The standard InChI is InChI=1S/C13H15BrN2O3/c1-13(3-2-4-13)16-12(19)15-10-6-8(11(17)18)5-9(14)7-10/h5-7H,2-4H2,1H3,(H,17,18)(H2,15,16,19). The van der Waals surface area contributed by atoms with E-state index in [4.69, 9.17) is 5.11 Å². The van der Waals surface area contributed by atoms with Crippen LogP contribution in [0.3, 0.4) is 0 Å². The van der Waals surface area contributed by atoms with Gasteiger partial charge in [0.25, 0.3) is 0 Å². The molecule has 1 aliphatic carbocycles. The van der Waals surface area contributed by atoms with Crippen molar-refractivity contribution in [3.8, 4) is 0 Å². The third-order valence-corrected chi connectivity index (χ3v) is 3.73. The van der Waals surface area contributed by atoms with E-state index in [0.717, 1.165) is 19.3 Å². The summed E-state index contributed by atoms with van der Waals surface area (Å²) in [4.78, 5) is 22.8. The summed E-state index contributed by atoms with van der Waals surface area (Å²) in [6.45, 7) is 2.00. The molecule has 1 aliphatic rings. The summed E-state index contributed by atoms with van der Waals surface area (Å²) < 4.78 is 0.609. The van der Waals surface area contributed by atoms with Crippen molar-refractivity contribution in [1.29, 1.82) is 0 Å². The Bertz CT molecular complexity index is 527. The van der Waals surface area contributed by atoms with E-state index < -0.39 is 5.97 Å². The van der Waals surface area contributed by atoms with Gasteiger partial charge in [-0.3, -0.25) is 0 Å². The fourth-order valence-corrected chi connectivity index (χ4v) is 2.55. The number of urea groups is 1. The lowest BCUT2D eigenvalue weighted by atomic mass is 9.79. The summed E-state index contributed by atoms with van der Waals surface area (Å²) in [6, 6.07) is 4.26. The molecule has 5 nitrogen and oxygen atoms in total. The fraction of sp³-hybridized carbons (Fsp3) is 0.385. The highest BCUT2D eigenvalue weighted by molar-refractivity contribution is 9.10. The minimum absolute atomic E-state index is 0.125. The van der Waals surface area contributed by atoms with E-state index >= 15 is 0 Å². The van der Waals surface area contributed by atoms with Gasteiger partial charge < -0.3 is 15.7 Å². The number of carboxylic acids is 1. The van der Waals surface area contributed by atoms with Crippen molar-refractivity contribution in [3.63, 3.8) is 0 Å². The Morgan fingerprint density at radius 1 is 1.32 bits per heavy atom. The topological polar surface area (TPSA) is 78.4 Å². The average molecular weight is 327 g/mol. The lowest BCUT2D eigenvalue weighted by Crippen LogP contribution is -2.52. The smallest absolute Gasteiger partial charge is 0.335 e. The van der Waals surface area contributed by atoms with Gasteiger partial charge >= 0.3 is 12.0 Å². The minimum Gasteiger partial charge on any atom is -0.478 e. The lowest BCUT2D eigenvalue weighted by molar-refractivity contribution is 0.0696. The predicted molar refractivity (Wildman–Crippen MR) is 75.5 cm³/mol. The molecule has 19 heavy (non-hydrogen) atoms. The summed E-state index contributed by atoms with van der Waals surface area (Å²) in [5.41, 5.74) is 0.442. The van der Waals surface area contributed by atoms with Crippen molar-refractivity contribution in [2.75, 3.05) is 5.32 Å². The Balaban J connectivity index is 2.06. The Morgan fingerprint density at radius 3 is 2.53 bits per heavy atom. The van der Waals surface area contributed by atoms with Gasteiger partial charge in [0.1, 0.15) is 0 Å². The molecule has 1 aromatic rings. The van der Waals surface area contributed by atoms with Gasteiger partial charge in [-0.1, -0.05) is 15.9 Å². The zero-order valence-electron chi connectivity index (χ0n) is 10.5. The summed E-state index contributed by atoms with van der Waals surface area (Å²) in [7, 11) is 0. The first-order valence-corrected chi connectivity index (χ1v) is 6.80. The monoisotopic (exact) mass is 326 g/mol. The molecule has 0 heterocycles. The van der Waals surface area contributed by atoms with E-state index in [1.807, 2.05) is 6.92 Å². The molecule has 0 aromatic heterocycles. The van der Waals surface area contributed by atoms with E-state index in [0.29, 0.717) is 10.2 Å². The number of hydrogen-bond donors (Lipinski definition) is 3. The molecule has 102 valence electrons. The number of rotatable bonds is 3. The Kier molecular flexibility index (Phi) is 3.80. The number of anilines is 1. The fourth-order valence-electron chi connectivity index (χ4n) is 2.05. The number of nitrogens with one attached hydrogen (secondary N) is 2. The number of amides is 2. The zero-order valence-corrected chi connectivity index (χ0v) is 12.1. The number of halogens is 1. The number of aromatic carboxylic acids is 1. The van der Waals surface area contributed by atoms with E-state index in [1.54, 1.807) is 6.07 Å². The predicted octanol–water partition coefficient (Wildman–Crippen LogP) is 3.21. The Morgan fingerprint density at radius 2 is 2.00 bits per heavy atom. The van der Waals surface area contributed by atoms with Crippen molar-refractivity contribution in [2.24, 2.45) is 0 Å². The van der Waals surface area contributed by atoms with E-state index in [9.17, 15) is 9.59 Å². The second-order valence-electron chi connectivity index (χ2n) is 5.03. The van der Waals surface area contributed by atoms with Crippen LogP contribution in [0.1, 0.15) is 36.5 Å². The molecule has 0 spiro atoms. The van der Waals surface area contributed by atoms with Crippen LogP contribution in [0.4, 0.5) is 10.5 Å². The third kappa shape index (κ3) is 3.47. The summed E-state index contributed by atoms with van der Waals surface area (Å²) in [6.07, 6.45) is 3.06. The molecule has 1 fully saturated rings.